The summed E-state index contributed by atoms with van der Waals surface area (Å²) in [4.78, 5) is 9.28. The normalized spacial score (nSPS) is 25.7. The molecule has 3 heterocycles. The second kappa shape index (κ2) is 6.17. The third-order valence-electron chi connectivity index (χ3n) is 5.70. The molecule has 4 heteroatoms. The smallest absolute Gasteiger partial charge is 0.123 e. The van der Waals surface area contributed by atoms with E-state index in [0.29, 0.717) is 0 Å². The molecular formula is C21H25N3O. The number of benzene rings is 1. The summed E-state index contributed by atoms with van der Waals surface area (Å²) in [5.74, 6) is 2.50. The molecule has 130 valence electrons. The van der Waals surface area contributed by atoms with Crippen LogP contribution in [0.25, 0.3) is 0 Å². The minimum atomic E-state index is -0.350. The summed E-state index contributed by atoms with van der Waals surface area (Å²) in [5.41, 5.74) is 3.29. The number of aromatic nitrogens is 1. The number of hydrogen-bond donors (Lipinski definition) is 1. The zero-order valence-electron chi connectivity index (χ0n) is 15.1. The van der Waals surface area contributed by atoms with E-state index < -0.39 is 0 Å². The fraction of sp³-hybridized carbons (Fsp3) is 0.429. The first-order chi connectivity index (χ1) is 12.1. The molecule has 0 bridgehead atoms. The minimum Gasteiger partial charge on any atom is -0.486 e. The highest BCUT2D eigenvalue weighted by Crippen LogP contribution is 2.51. The van der Waals surface area contributed by atoms with Gasteiger partial charge >= 0.3 is 0 Å². The van der Waals surface area contributed by atoms with Crippen molar-refractivity contribution >= 4 is 5.84 Å². The van der Waals surface area contributed by atoms with Crippen molar-refractivity contribution < 1.29 is 4.74 Å². The average molecular weight is 335 g/mol. The summed E-state index contributed by atoms with van der Waals surface area (Å²) in [5, 5.41) is 3.41. The summed E-state index contributed by atoms with van der Waals surface area (Å²) < 4.78 is 6.57. The maximum Gasteiger partial charge on any atom is 0.123 e. The van der Waals surface area contributed by atoms with Crippen LogP contribution in [0, 0.1) is 6.92 Å². The fourth-order valence-electron chi connectivity index (χ4n) is 4.07. The first kappa shape index (κ1) is 16.1. The van der Waals surface area contributed by atoms with Crippen LogP contribution in [0.5, 0.6) is 5.75 Å². The number of nitrogens with zero attached hydrogens (tertiary/aromatic N) is 2. The van der Waals surface area contributed by atoms with Gasteiger partial charge in [-0.15, -0.1) is 0 Å². The van der Waals surface area contributed by atoms with Crippen LogP contribution in [0.3, 0.4) is 0 Å². The molecule has 0 spiro atoms. The molecule has 3 unspecified atom stereocenters. The molecule has 2 aromatic rings. The number of fused-ring (bicyclic) bond motifs is 1. The number of nitrogens with one attached hydrogen (secondary N) is 1. The van der Waals surface area contributed by atoms with Crippen LogP contribution in [0.15, 0.2) is 47.6 Å². The van der Waals surface area contributed by atoms with Gasteiger partial charge in [0.25, 0.3) is 0 Å². The molecule has 4 nitrogen and oxygen atoms in total. The van der Waals surface area contributed by atoms with E-state index in [0.717, 1.165) is 36.8 Å². The molecule has 2 aliphatic heterocycles. The molecular weight excluding hydrogens is 310 g/mol. The van der Waals surface area contributed by atoms with Crippen molar-refractivity contribution in [3.05, 3.63) is 59.4 Å². The Kier molecular flexibility index (Phi) is 3.98. The van der Waals surface area contributed by atoms with Crippen LogP contribution in [-0.2, 0) is 0 Å². The largest absolute Gasteiger partial charge is 0.486 e. The second-order valence-electron chi connectivity index (χ2n) is 7.32. The Hall–Kier alpha value is -2.36. The Morgan fingerprint density at radius 3 is 2.92 bits per heavy atom. The van der Waals surface area contributed by atoms with Gasteiger partial charge in [0.2, 0.25) is 0 Å². The number of ether oxygens (including phenoxy) is 1. The standard InChI is InChI=1S/C21H25N3O/c1-14-7-8-19-16(12-14)15(2)21(3,25-19)17(13-20-23-10-11-24-20)18-6-4-5-9-22-18/h4-9,12,15,17H,10-11,13H2,1-3H3,(H,23,24). The predicted molar refractivity (Wildman–Crippen MR) is 101 cm³/mol. The molecule has 4 rings (SSSR count). The summed E-state index contributed by atoms with van der Waals surface area (Å²) in [6.07, 6.45) is 2.69. The molecule has 0 saturated carbocycles. The zero-order chi connectivity index (χ0) is 17.4. The van der Waals surface area contributed by atoms with Gasteiger partial charge in [-0.2, -0.15) is 0 Å². The minimum absolute atomic E-state index is 0.140. The van der Waals surface area contributed by atoms with Gasteiger partial charge in [0, 0.05) is 42.3 Å². The molecule has 0 fully saturated rings. The molecule has 0 saturated heterocycles. The molecule has 1 aromatic heterocycles. The number of rotatable bonds is 4. The van der Waals surface area contributed by atoms with Crippen LogP contribution < -0.4 is 10.1 Å². The Labute approximate surface area is 149 Å². The lowest BCUT2D eigenvalue weighted by Crippen LogP contribution is -2.42. The van der Waals surface area contributed by atoms with Crippen LogP contribution in [0.2, 0.25) is 0 Å². The SMILES string of the molecule is Cc1ccc2c(c1)C(C)C(C)(C(CC1=NCCN1)c1ccccn1)O2. The fourth-order valence-corrected chi connectivity index (χ4v) is 4.07. The topological polar surface area (TPSA) is 46.5 Å². The highest BCUT2D eigenvalue weighted by atomic mass is 16.5. The van der Waals surface area contributed by atoms with Crippen molar-refractivity contribution in [3.8, 4) is 5.75 Å². The Bertz CT molecular complexity index is 802. The Morgan fingerprint density at radius 2 is 2.20 bits per heavy atom. The first-order valence-electron chi connectivity index (χ1n) is 9.05. The molecule has 0 aliphatic carbocycles. The van der Waals surface area contributed by atoms with Crippen molar-refractivity contribution in [2.24, 2.45) is 4.99 Å². The predicted octanol–water partition coefficient (Wildman–Crippen LogP) is 3.82. The highest BCUT2D eigenvalue weighted by Gasteiger charge is 2.49. The Balaban J connectivity index is 1.74. The summed E-state index contributed by atoms with van der Waals surface area (Å²) >= 11 is 0. The lowest BCUT2D eigenvalue weighted by Gasteiger charge is -2.37. The Morgan fingerprint density at radius 1 is 1.32 bits per heavy atom. The van der Waals surface area contributed by atoms with Crippen molar-refractivity contribution in [2.45, 2.75) is 44.6 Å². The van der Waals surface area contributed by atoms with E-state index in [4.69, 9.17) is 4.74 Å². The van der Waals surface area contributed by atoms with Gasteiger partial charge in [-0.25, -0.2) is 0 Å². The molecule has 1 aromatic carbocycles. The van der Waals surface area contributed by atoms with Gasteiger partial charge in [-0.3, -0.25) is 9.98 Å². The summed E-state index contributed by atoms with van der Waals surface area (Å²) in [6, 6.07) is 12.6. The van der Waals surface area contributed by atoms with Crippen LogP contribution in [0.1, 0.15) is 48.9 Å². The third kappa shape index (κ3) is 2.80. The number of amidine groups is 1. The molecule has 0 radical (unpaired) electrons. The van der Waals surface area contributed by atoms with E-state index in [9.17, 15) is 0 Å². The lowest BCUT2D eigenvalue weighted by atomic mass is 9.74. The highest BCUT2D eigenvalue weighted by molar-refractivity contribution is 5.84. The number of aliphatic imine (C=N–C) groups is 1. The van der Waals surface area contributed by atoms with E-state index in [2.05, 4.69) is 66.4 Å². The van der Waals surface area contributed by atoms with E-state index in [1.54, 1.807) is 0 Å². The first-order valence-corrected chi connectivity index (χ1v) is 9.05. The van der Waals surface area contributed by atoms with Crippen LogP contribution in [0.4, 0.5) is 0 Å². The number of hydrogen-bond acceptors (Lipinski definition) is 4. The number of aryl methyl sites for hydroxylation is 1. The van der Waals surface area contributed by atoms with Gasteiger partial charge in [-0.1, -0.05) is 30.7 Å². The van der Waals surface area contributed by atoms with E-state index in [1.807, 2.05) is 12.3 Å². The second-order valence-corrected chi connectivity index (χ2v) is 7.32. The summed E-state index contributed by atoms with van der Waals surface area (Å²) in [6.45, 7) is 8.41. The van der Waals surface area contributed by atoms with E-state index >= 15 is 0 Å². The third-order valence-corrected chi connectivity index (χ3v) is 5.70. The number of pyridine rings is 1. The molecule has 2 aliphatic rings. The van der Waals surface area contributed by atoms with Gasteiger partial charge in [0.05, 0.1) is 12.4 Å². The molecule has 1 N–H and O–H groups in total. The average Bonchev–Trinajstić information content (AvgIpc) is 3.22. The van der Waals surface area contributed by atoms with Gasteiger partial charge in [0.15, 0.2) is 0 Å². The maximum absolute atomic E-state index is 6.57. The quantitative estimate of drug-likeness (QED) is 0.924. The van der Waals surface area contributed by atoms with Crippen LogP contribution in [-0.4, -0.2) is 29.5 Å². The van der Waals surface area contributed by atoms with Crippen molar-refractivity contribution in [1.82, 2.24) is 10.3 Å². The van der Waals surface area contributed by atoms with Crippen molar-refractivity contribution in [2.75, 3.05) is 13.1 Å². The monoisotopic (exact) mass is 335 g/mol. The van der Waals surface area contributed by atoms with Gasteiger partial charge in [0.1, 0.15) is 11.4 Å². The van der Waals surface area contributed by atoms with Crippen molar-refractivity contribution in [1.29, 1.82) is 0 Å². The molecule has 25 heavy (non-hydrogen) atoms. The van der Waals surface area contributed by atoms with Gasteiger partial charge < -0.3 is 10.1 Å². The van der Waals surface area contributed by atoms with Gasteiger partial charge in [-0.05, 0) is 32.0 Å². The van der Waals surface area contributed by atoms with Crippen molar-refractivity contribution in [3.63, 3.8) is 0 Å². The van der Waals surface area contributed by atoms with E-state index in [1.165, 1.54) is 11.1 Å². The summed E-state index contributed by atoms with van der Waals surface area (Å²) in [7, 11) is 0. The molecule has 0 amide bonds. The van der Waals surface area contributed by atoms with Crippen LogP contribution >= 0.6 is 0 Å². The molecule has 3 atom stereocenters. The maximum atomic E-state index is 6.57. The lowest BCUT2D eigenvalue weighted by molar-refractivity contribution is 0.0624. The zero-order valence-corrected chi connectivity index (χ0v) is 15.1. The van der Waals surface area contributed by atoms with E-state index in [-0.39, 0.29) is 17.4 Å².